The highest BCUT2D eigenvalue weighted by Gasteiger charge is 2.09. The van der Waals surface area contributed by atoms with Crippen molar-refractivity contribution < 1.29 is 4.39 Å². The van der Waals surface area contributed by atoms with Crippen LogP contribution in [0.2, 0.25) is 0 Å². The Balaban J connectivity index is 1.86. The lowest BCUT2D eigenvalue weighted by molar-refractivity contribution is 0.405. The second kappa shape index (κ2) is 9.23. The van der Waals surface area contributed by atoms with Crippen molar-refractivity contribution in [1.29, 1.82) is 0 Å². The van der Waals surface area contributed by atoms with Crippen LogP contribution in [0.3, 0.4) is 0 Å². The van der Waals surface area contributed by atoms with Crippen LogP contribution in [0.1, 0.15) is 12.0 Å². The summed E-state index contributed by atoms with van der Waals surface area (Å²) in [7, 11) is 4.09. The maximum atomic E-state index is 13.4. The van der Waals surface area contributed by atoms with Gasteiger partial charge in [0, 0.05) is 24.5 Å². The molecule has 28 heavy (non-hydrogen) atoms. The van der Waals surface area contributed by atoms with E-state index in [1.165, 1.54) is 12.1 Å². The predicted octanol–water partition coefficient (Wildman–Crippen LogP) is 4.09. The van der Waals surface area contributed by atoms with Crippen molar-refractivity contribution in [3.8, 4) is 11.4 Å². The van der Waals surface area contributed by atoms with Crippen LogP contribution in [0.15, 0.2) is 48.7 Å². The van der Waals surface area contributed by atoms with Crippen molar-refractivity contribution in [2.45, 2.75) is 13.3 Å². The summed E-state index contributed by atoms with van der Waals surface area (Å²) in [6, 6.07) is 12.2. The Morgan fingerprint density at radius 1 is 1.04 bits per heavy atom. The number of hydrogen-bond acceptors (Lipinski definition) is 6. The molecular formula is C21H25FN6. The molecule has 3 rings (SSSR count). The van der Waals surface area contributed by atoms with Crippen molar-refractivity contribution in [2.24, 2.45) is 0 Å². The van der Waals surface area contributed by atoms with E-state index in [1.54, 1.807) is 12.3 Å². The second-order valence-corrected chi connectivity index (χ2v) is 6.84. The fraction of sp³-hybridized carbons (Fsp3) is 0.286. The third-order valence-corrected chi connectivity index (χ3v) is 4.17. The van der Waals surface area contributed by atoms with Crippen LogP contribution in [0.5, 0.6) is 0 Å². The number of hydrogen-bond donors (Lipinski definition) is 2. The van der Waals surface area contributed by atoms with Gasteiger partial charge < -0.3 is 15.5 Å². The van der Waals surface area contributed by atoms with Gasteiger partial charge in [0.25, 0.3) is 0 Å². The van der Waals surface area contributed by atoms with Crippen molar-refractivity contribution >= 4 is 17.5 Å². The summed E-state index contributed by atoms with van der Waals surface area (Å²) < 4.78 is 13.4. The van der Waals surface area contributed by atoms with Crippen molar-refractivity contribution in [2.75, 3.05) is 37.8 Å². The number of aromatic nitrogens is 3. The van der Waals surface area contributed by atoms with Gasteiger partial charge in [-0.25, -0.2) is 9.37 Å². The zero-order valence-electron chi connectivity index (χ0n) is 16.4. The lowest BCUT2D eigenvalue weighted by Gasteiger charge is -2.13. The van der Waals surface area contributed by atoms with E-state index in [2.05, 4.69) is 30.5 Å². The molecule has 0 fully saturated rings. The summed E-state index contributed by atoms with van der Waals surface area (Å²) in [5, 5.41) is 6.55. The average Bonchev–Trinajstić information content (AvgIpc) is 2.68. The van der Waals surface area contributed by atoms with E-state index in [0.29, 0.717) is 17.5 Å². The molecule has 0 spiro atoms. The van der Waals surface area contributed by atoms with E-state index in [-0.39, 0.29) is 5.82 Å². The molecule has 3 aromatic rings. The normalized spacial score (nSPS) is 10.9. The Morgan fingerprint density at radius 3 is 2.61 bits per heavy atom. The summed E-state index contributed by atoms with van der Waals surface area (Å²) in [5.41, 5.74) is 3.08. The van der Waals surface area contributed by atoms with Crippen molar-refractivity contribution in [3.05, 3.63) is 60.0 Å². The van der Waals surface area contributed by atoms with Crippen LogP contribution >= 0.6 is 0 Å². The van der Waals surface area contributed by atoms with Gasteiger partial charge in [0.05, 0.1) is 11.4 Å². The molecule has 0 aliphatic rings. The molecule has 0 saturated heterocycles. The van der Waals surface area contributed by atoms with Crippen LogP contribution in [0, 0.1) is 12.7 Å². The molecule has 2 aromatic heterocycles. The number of pyridine rings is 1. The maximum Gasteiger partial charge on any atom is 0.225 e. The molecule has 6 nitrogen and oxygen atoms in total. The van der Waals surface area contributed by atoms with Gasteiger partial charge in [0.2, 0.25) is 5.95 Å². The maximum absolute atomic E-state index is 13.4. The number of halogens is 1. The summed E-state index contributed by atoms with van der Waals surface area (Å²) in [5.74, 6) is 0.896. The van der Waals surface area contributed by atoms with Gasteiger partial charge in [-0.3, -0.25) is 4.98 Å². The first-order valence-electron chi connectivity index (χ1n) is 9.23. The van der Waals surface area contributed by atoms with Crippen LogP contribution in [0.25, 0.3) is 11.4 Å². The largest absolute Gasteiger partial charge is 0.354 e. The fourth-order valence-corrected chi connectivity index (χ4v) is 2.74. The minimum absolute atomic E-state index is 0.261. The summed E-state index contributed by atoms with van der Waals surface area (Å²) >= 11 is 0. The minimum Gasteiger partial charge on any atom is -0.354 e. The summed E-state index contributed by atoms with van der Waals surface area (Å²) in [4.78, 5) is 15.7. The smallest absolute Gasteiger partial charge is 0.225 e. The fourth-order valence-electron chi connectivity index (χ4n) is 2.74. The highest BCUT2D eigenvalue weighted by atomic mass is 19.1. The number of nitrogens with one attached hydrogen (secondary N) is 2. The van der Waals surface area contributed by atoms with Crippen molar-refractivity contribution in [1.82, 2.24) is 19.9 Å². The first-order valence-corrected chi connectivity index (χ1v) is 9.23. The topological polar surface area (TPSA) is 66.0 Å². The van der Waals surface area contributed by atoms with Gasteiger partial charge in [0.15, 0.2) is 0 Å². The monoisotopic (exact) mass is 380 g/mol. The first kappa shape index (κ1) is 19.7. The molecule has 0 radical (unpaired) electrons. The third kappa shape index (κ3) is 5.47. The molecule has 2 N–H and O–H groups in total. The van der Waals surface area contributed by atoms with E-state index in [1.807, 2.05) is 45.3 Å². The standard InChI is InChI=1S/C21H25FN6/c1-15-13-16(22)8-9-17(15)25-20-14-19(18-7-4-5-10-23-18)26-21(27-20)24-11-6-12-28(2)3/h4-5,7-10,13-14H,6,11-12H2,1-3H3,(H2,24,25,26,27). The van der Waals surface area contributed by atoms with E-state index >= 15 is 0 Å². The van der Waals surface area contributed by atoms with Gasteiger partial charge in [0.1, 0.15) is 11.6 Å². The SMILES string of the molecule is Cc1cc(F)ccc1Nc1cc(-c2ccccn2)nc(NCCCN(C)C)n1. The van der Waals surface area contributed by atoms with Crippen LogP contribution in [-0.4, -0.2) is 47.0 Å². The Kier molecular flexibility index (Phi) is 6.49. The Labute approximate surface area is 164 Å². The average molecular weight is 380 g/mol. The molecule has 0 atom stereocenters. The quantitative estimate of drug-likeness (QED) is 0.574. The lowest BCUT2D eigenvalue weighted by atomic mass is 10.2. The van der Waals surface area contributed by atoms with Crippen molar-refractivity contribution in [3.63, 3.8) is 0 Å². The van der Waals surface area contributed by atoms with Crippen LogP contribution < -0.4 is 10.6 Å². The highest BCUT2D eigenvalue weighted by molar-refractivity contribution is 5.66. The first-order chi connectivity index (χ1) is 13.5. The number of benzene rings is 1. The molecule has 0 unspecified atom stereocenters. The Morgan fingerprint density at radius 2 is 1.89 bits per heavy atom. The van der Waals surface area contributed by atoms with Gasteiger partial charge in [-0.15, -0.1) is 0 Å². The minimum atomic E-state index is -0.261. The van der Waals surface area contributed by atoms with E-state index in [0.717, 1.165) is 36.5 Å². The Bertz CT molecular complexity index is 914. The molecule has 7 heteroatoms. The van der Waals surface area contributed by atoms with E-state index < -0.39 is 0 Å². The molecule has 146 valence electrons. The number of rotatable bonds is 8. The number of anilines is 3. The van der Waals surface area contributed by atoms with Gasteiger partial charge in [-0.1, -0.05) is 6.07 Å². The van der Waals surface area contributed by atoms with Gasteiger partial charge in [-0.05, 0) is 69.9 Å². The summed E-state index contributed by atoms with van der Waals surface area (Å²) in [6.07, 6.45) is 2.71. The van der Waals surface area contributed by atoms with E-state index in [4.69, 9.17) is 0 Å². The highest BCUT2D eigenvalue weighted by Crippen LogP contribution is 2.24. The summed E-state index contributed by atoms with van der Waals surface area (Å²) in [6.45, 7) is 3.60. The Hall–Kier alpha value is -3.06. The van der Waals surface area contributed by atoms with E-state index in [9.17, 15) is 4.39 Å². The molecule has 0 aliphatic heterocycles. The molecule has 0 aliphatic carbocycles. The molecule has 0 saturated carbocycles. The number of aryl methyl sites for hydroxylation is 1. The molecular weight excluding hydrogens is 355 g/mol. The number of nitrogens with zero attached hydrogens (tertiary/aromatic N) is 4. The van der Waals surface area contributed by atoms with Gasteiger partial charge >= 0.3 is 0 Å². The van der Waals surface area contributed by atoms with Crippen LogP contribution in [0.4, 0.5) is 21.8 Å². The molecule has 1 aromatic carbocycles. The molecule has 2 heterocycles. The lowest BCUT2D eigenvalue weighted by Crippen LogP contribution is -2.17. The van der Waals surface area contributed by atoms with Gasteiger partial charge in [-0.2, -0.15) is 4.98 Å². The molecule has 0 bridgehead atoms. The molecule has 0 amide bonds. The second-order valence-electron chi connectivity index (χ2n) is 6.84. The third-order valence-electron chi connectivity index (χ3n) is 4.17. The van der Waals surface area contributed by atoms with Crippen LogP contribution in [-0.2, 0) is 0 Å². The zero-order chi connectivity index (χ0) is 19.9. The zero-order valence-corrected chi connectivity index (χ0v) is 16.4. The predicted molar refractivity (Wildman–Crippen MR) is 111 cm³/mol.